The van der Waals surface area contributed by atoms with Crippen molar-refractivity contribution >= 4 is 11.9 Å². The summed E-state index contributed by atoms with van der Waals surface area (Å²) >= 11 is 0. The molecule has 1 aliphatic heterocycles. The Morgan fingerprint density at radius 3 is 2.45 bits per heavy atom. The average Bonchev–Trinajstić information content (AvgIpc) is 2.08. The van der Waals surface area contributed by atoms with Crippen LogP contribution in [0.3, 0.4) is 0 Å². The fourth-order valence-corrected chi connectivity index (χ4v) is 1.23. The van der Waals surface area contributed by atoms with Crippen LogP contribution >= 0.6 is 0 Å². The molecular formula is C7H11NO3. The number of rotatable bonds is 1. The highest BCUT2D eigenvalue weighted by molar-refractivity contribution is 5.91. The summed E-state index contributed by atoms with van der Waals surface area (Å²) in [5.41, 5.74) is -0.758. The molecule has 4 heteroatoms. The Balaban J connectivity index is 2.87. The van der Waals surface area contributed by atoms with Gasteiger partial charge in [-0.1, -0.05) is 13.8 Å². The fourth-order valence-electron chi connectivity index (χ4n) is 1.23. The zero-order chi connectivity index (χ0) is 8.65. The molecule has 1 heterocycles. The third kappa shape index (κ3) is 1.08. The Morgan fingerprint density at radius 2 is 2.27 bits per heavy atom. The zero-order valence-corrected chi connectivity index (χ0v) is 6.55. The van der Waals surface area contributed by atoms with Crippen LogP contribution in [0.15, 0.2) is 0 Å². The van der Waals surface area contributed by atoms with Crippen molar-refractivity contribution < 1.29 is 14.7 Å². The molecule has 0 saturated carbocycles. The van der Waals surface area contributed by atoms with E-state index in [9.17, 15) is 9.59 Å². The summed E-state index contributed by atoms with van der Waals surface area (Å²) in [6.45, 7) is 3.55. The van der Waals surface area contributed by atoms with E-state index in [-0.39, 0.29) is 12.5 Å². The van der Waals surface area contributed by atoms with Crippen LogP contribution in [0.25, 0.3) is 0 Å². The predicted octanol–water partition coefficient (Wildman–Crippen LogP) is -0.157. The molecule has 1 fully saturated rings. The van der Waals surface area contributed by atoms with Crippen LogP contribution in [0.2, 0.25) is 0 Å². The highest BCUT2D eigenvalue weighted by Crippen LogP contribution is 2.31. The highest BCUT2D eigenvalue weighted by atomic mass is 16.4. The second-order valence-corrected chi connectivity index (χ2v) is 3.32. The number of carbonyl (C=O) groups is 2. The van der Waals surface area contributed by atoms with Crippen LogP contribution in [0.5, 0.6) is 0 Å². The molecule has 0 aromatic carbocycles. The van der Waals surface area contributed by atoms with Gasteiger partial charge in [0, 0.05) is 6.54 Å². The first-order valence-electron chi connectivity index (χ1n) is 3.47. The summed E-state index contributed by atoms with van der Waals surface area (Å²) < 4.78 is 0. The smallest absolute Gasteiger partial charge is 0.309 e. The van der Waals surface area contributed by atoms with Crippen LogP contribution < -0.4 is 5.32 Å². The Hall–Kier alpha value is -1.06. The molecule has 1 amide bonds. The average molecular weight is 157 g/mol. The Kier molecular flexibility index (Phi) is 1.62. The zero-order valence-electron chi connectivity index (χ0n) is 6.55. The molecule has 0 aromatic heterocycles. The number of hydrogen-bond donors (Lipinski definition) is 2. The van der Waals surface area contributed by atoms with Gasteiger partial charge < -0.3 is 10.4 Å². The van der Waals surface area contributed by atoms with Crippen LogP contribution in [-0.4, -0.2) is 23.5 Å². The number of hydrogen-bond acceptors (Lipinski definition) is 2. The van der Waals surface area contributed by atoms with Crippen LogP contribution in [-0.2, 0) is 9.59 Å². The lowest BCUT2D eigenvalue weighted by atomic mass is 9.81. The van der Waals surface area contributed by atoms with Crippen molar-refractivity contribution in [2.24, 2.45) is 11.3 Å². The van der Waals surface area contributed by atoms with E-state index in [0.717, 1.165) is 0 Å². The Morgan fingerprint density at radius 1 is 1.73 bits per heavy atom. The van der Waals surface area contributed by atoms with E-state index in [2.05, 4.69) is 5.32 Å². The van der Waals surface area contributed by atoms with Crippen LogP contribution in [0.4, 0.5) is 0 Å². The Bertz CT molecular complexity index is 210. The summed E-state index contributed by atoms with van der Waals surface area (Å²) in [4.78, 5) is 21.6. The van der Waals surface area contributed by atoms with E-state index in [1.165, 1.54) is 0 Å². The van der Waals surface area contributed by atoms with Crippen molar-refractivity contribution in [3.8, 4) is 0 Å². The first-order valence-corrected chi connectivity index (χ1v) is 3.47. The highest BCUT2D eigenvalue weighted by Gasteiger charge is 2.46. The number of aliphatic carboxylic acids is 1. The van der Waals surface area contributed by atoms with Crippen molar-refractivity contribution in [1.29, 1.82) is 0 Å². The number of carboxylic acids is 1. The first-order chi connectivity index (χ1) is 4.96. The molecule has 0 aliphatic carbocycles. The van der Waals surface area contributed by atoms with Gasteiger partial charge in [-0.3, -0.25) is 9.59 Å². The number of amides is 1. The van der Waals surface area contributed by atoms with E-state index in [4.69, 9.17) is 5.11 Å². The van der Waals surface area contributed by atoms with Gasteiger partial charge in [-0.05, 0) is 0 Å². The van der Waals surface area contributed by atoms with Gasteiger partial charge in [-0.15, -0.1) is 0 Å². The van der Waals surface area contributed by atoms with E-state index in [1.54, 1.807) is 13.8 Å². The molecule has 0 spiro atoms. The molecule has 0 bridgehead atoms. The standard InChI is InChI=1S/C7H11NO3/c1-7(2)4(5(9)10)3-8-6(7)11/h4H,3H2,1-2H3,(H,8,11)(H,9,10)/t4-/m0/s1. The summed E-state index contributed by atoms with van der Waals surface area (Å²) in [7, 11) is 0. The third-order valence-electron chi connectivity index (χ3n) is 2.22. The second kappa shape index (κ2) is 2.22. The first kappa shape index (κ1) is 8.04. The molecule has 62 valence electrons. The molecule has 0 aromatic rings. The summed E-state index contributed by atoms with van der Waals surface area (Å²) in [5.74, 6) is -1.67. The summed E-state index contributed by atoms with van der Waals surface area (Å²) in [6, 6.07) is 0. The van der Waals surface area contributed by atoms with Gasteiger partial charge in [0.15, 0.2) is 0 Å². The van der Waals surface area contributed by atoms with Crippen LogP contribution in [0.1, 0.15) is 13.8 Å². The molecule has 0 radical (unpaired) electrons. The quantitative estimate of drug-likeness (QED) is 0.556. The molecule has 1 saturated heterocycles. The molecule has 1 rings (SSSR count). The van der Waals surface area contributed by atoms with E-state index < -0.39 is 17.3 Å². The molecule has 0 unspecified atom stereocenters. The number of nitrogens with one attached hydrogen (secondary N) is 1. The summed E-state index contributed by atoms with van der Waals surface area (Å²) in [6.07, 6.45) is 0. The van der Waals surface area contributed by atoms with Crippen molar-refractivity contribution in [3.05, 3.63) is 0 Å². The maximum Gasteiger partial charge on any atom is 0.309 e. The lowest BCUT2D eigenvalue weighted by Gasteiger charge is -2.18. The minimum absolute atomic E-state index is 0.176. The second-order valence-electron chi connectivity index (χ2n) is 3.32. The molecule has 11 heavy (non-hydrogen) atoms. The van der Waals surface area contributed by atoms with Gasteiger partial charge in [-0.2, -0.15) is 0 Å². The number of carbonyl (C=O) groups excluding carboxylic acids is 1. The topological polar surface area (TPSA) is 66.4 Å². The number of carboxylic acid groups (broad SMARTS) is 1. The maximum atomic E-state index is 11.0. The molecule has 1 aliphatic rings. The van der Waals surface area contributed by atoms with Gasteiger partial charge in [0.05, 0.1) is 11.3 Å². The van der Waals surface area contributed by atoms with Gasteiger partial charge in [0.2, 0.25) is 5.91 Å². The Labute approximate surface area is 64.6 Å². The fraction of sp³-hybridized carbons (Fsp3) is 0.714. The van der Waals surface area contributed by atoms with Gasteiger partial charge in [0.25, 0.3) is 0 Å². The van der Waals surface area contributed by atoms with E-state index in [1.807, 2.05) is 0 Å². The van der Waals surface area contributed by atoms with Crippen molar-refractivity contribution in [2.45, 2.75) is 13.8 Å². The minimum atomic E-state index is -0.909. The van der Waals surface area contributed by atoms with E-state index in [0.29, 0.717) is 0 Å². The van der Waals surface area contributed by atoms with Crippen molar-refractivity contribution in [2.75, 3.05) is 6.54 Å². The monoisotopic (exact) mass is 157 g/mol. The van der Waals surface area contributed by atoms with E-state index >= 15 is 0 Å². The molecule has 4 nitrogen and oxygen atoms in total. The molecular weight excluding hydrogens is 146 g/mol. The molecule has 1 atom stereocenters. The van der Waals surface area contributed by atoms with Gasteiger partial charge >= 0.3 is 5.97 Å². The SMILES string of the molecule is CC1(C)C(=O)NC[C@H]1C(=O)O. The predicted molar refractivity (Wildman–Crippen MR) is 37.9 cm³/mol. The third-order valence-corrected chi connectivity index (χ3v) is 2.22. The van der Waals surface area contributed by atoms with Gasteiger partial charge in [-0.25, -0.2) is 0 Å². The molecule has 2 N–H and O–H groups in total. The van der Waals surface area contributed by atoms with Crippen molar-refractivity contribution in [3.63, 3.8) is 0 Å². The lowest BCUT2D eigenvalue weighted by Crippen LogP contribution is -2.32. The maximum absolute atomic E-state index is 11.0. The van der Waals surface area contributed by atoms with Crippen molar-refractivity contribution in [1.82, 2.24) is 5.32 Å². The van der Waals surface area contributed by atoms with Crippen LogP contribution in [0, 0.1) is 11.3 Å². The normalized spacial score (nSPS) is 28.2. The lowest BCUT2D eigenvalue weighted by molar-refractivity contribution is -0.146. The largest absolute Gasteiger partial charge is 0.481 e. The minimum Gasteiger partial charge on any atom is -0.481 e. The summed E-state index contributed by atoms with van der Waals surface area (Å²) in [5, 5.41) is 11.2. The van der Waals surface area contributed by atoms with Gasteiger partial charge in [0.1, 0.15) is 0 Å².